The number of carbonyl (C=O) groups excluding carboxylic acids is 1. The highest BCUT2D eigenvalue weighted by Crippen LogP contribution is 2.32. The minimum absolute atomic E-state index is 0.0914. The van der Waals surface area contributed by atoms with Gasteiger partial charge in [0.1, 0.15) is 0 Å². The number of aryl methyl sites for hydroxylation is 1. The molecule has 29 heavy (non-hydrogen) atoms. The number of carbonyl (C=O) groups is 1. The maximum absolute atomic E-state index is 12.4. The predicted octanol–water partition coefficient (Wildman–Crippen LogP) is 3.12. The lowest BCUT2D eigenvalue weighted by Crippen LogP contribution is -2.46. The minimum Gasteiger partial charge on any atom is -0.454 e. The number of nitrogens with one attached hydrogen (secondary N) is 1. The third kappa shape index (κ3) is 5.08. The maximum Gasteiger partial charge on any atom is 0.231 e. The molecule has 0 aromatic heterocycles. The first-order chi connectivity index (χ1) is 14.2. The van der Waals surface area contributed by atoms with E-state index in [1.807, 2.05) is 24.3 Å². The zero-order chi connectivity index (χ0) is 20.1. The largest absolute Gasteiger partial charge is 0.454 e. The van der Waals surface area contributed by atoms with E-state index >= 15 is 0 Å². The van der Waals surface area contributed by atoms with E-state index in [0.717, 1.165) is 62.9 Å². The minimum atomic E-state index is 0.0914. The first-order valence-corrected chi connectivity index (χ1v) is 10.4. The second-order valence-electron chi connectivity index (χ2n) is 7.61. The fourth-order valence-electron chi connectivity index (χ4n) is 3.89. The van der Waals surface area contributed by atoms with Gasteiger partial charge in [0.05, 0.1) is 0 Å². The van der Waals surface area contributed by atoms with Gasteiger partial charge in [-0.25, -0.2) is 0 Å². The molecule has 0 bridgehead atoms. The summed E-state index contributed by atoms with van der Waals surface area (Å²) >= 11 is 0. The van der Waals surface area contributed by atoms with Crippen LogP contribution in [0.15, 0.2) is 42.5 Å². The van der Waals surface area contributed by atoms with E-state index in [1.54, 1.807) is 0 Å². The van der Waals surface area contributed by atoms with Gasteiger partial charge in [0.2, 0.25) is 12.7 Å². The van der Waals surface area contributed by atoms with Crippen molar-refractivity contribution >= 4 is 11.6 Å². The normalized spacial score (nSPS) is 16.7. The van der Waals surface area contributed by atoms with Crippen LogP contribution in [0.1, 0.15) is 24.5 Å². The molecule has 1 amide bonds. The van der Waals surface area contributed by atoms with Crippen LogP contribution >= 0.6 is 0 Å². The third-order valence-corrected chi connectivity index (χ3v) is 5.64. The van der Waals surface area contributed by atoms with Crippen molar-refractivity contribution in [3.05, 3.63) is 53.6 Å². The molecule has 154 valence electrons. The van der Waals surface area contributed by atoms with Crippen LogP contribution in [0.3, 0.4) is 0 Å². The van der Waals surface area contributed by atoms with Crippen molar-refractivity contribution in [3.63, 3.8) is 0 Å². The zero-order valence-electron chi connectivity index (χ0n) is 17.0. The quantitative estimate of drug-likeness (QED) is 0.781. The molecule has 2 aliphatic heterocycles. The molecule has 2 heterocycles. The van der Waals surface area contributed by atoms with E-state index < -0.39 is 0 Å². The van der Waals surface area contributed by atoms with Gasteiger partial charge in [-0.1, -0.05) is 31.2 Å². The molecular weight excluding hydrogens is 366 g/mol. The fourth-order valence-corrected chi connectivity index (χ4v) is 3.89. The van der Waals surface area contributed by atoms with Crippen LogP contribution in [0, 0.1) is 0 Å². The molecule has 0 atom stereocenters. The number of benzene rings is 2. The van der Waals surface area contributed by atoms with Gasteiger partial charge < -0.3 is 19.7 Å². The summed E-state index contributed by atoms with van der Waals surface area (Å²) in [6, 6.07) is 14.2. The average Bonchev–Trinajstić information content (AvgIpc) is 3.21. The van der Waals surface area contributed by atoms with Crippen molar-refractivity contribution in [1.82, 2.24) is 9.80 Å². The molecule has 2 aliphatic rings. The summed E-state index contributed by atoms with van der Waals surface area (Å²) in [6.07, 6.45) is 1.45. The number of fused-ring (bicyclic) bond motifs is 1. The SMILES string of the molecule is CCc1ccccc1NC(=O)CCN1CCN(Cc2ccc3c(c2)OCO3)CC1. The molecule has 4 rings (SSSR count). The van der Waals surface area contributed by atoms with E-state index in [1.165, 1.54) is 11.1 Å². The van der Waals surface area contributed by atoms with Gasteiger partial charge in [-0.05, 0) is 35.7 Å². The van der Waals surface area contributed by atoms with Crippen molar-refractivity contribution < 1.29 is 14.3 Å². The Morgan fingerprint density at radius 1 is 1.00 bits per heavy atom. The Hall–Kier alpha value is -2.57. The van der Waals surface area contributed by atoms with Gasteiger partial charge in [-0.15, -0.1) is 0 Å². The second kappa shape index (κ2) is 9.29. The van der Waals surface area contributed by atoms with Gasteiger partial charge >= 0.3 is 0 Å². The van der Waals surface area contributed by atoms with E-state index in [0.29, 0.717) is 13.2 Å². The van der Waals surface area contributed by atoms with Gasteiger partial charge in [-0.3, -0.25) is 9.69 Å². The Morgan fingerprint density at radius 3 is 2.59 bits per heavy atom. The topological polar surface area (TPSA) is 54.0 Å². The highest BCUT2D eigenvalue weighted by Gasteiger charge is 2.19. The summed E-state index contributed by atoms with van der Waals surface area (Å²) in [5, 5.41) is 3.06. The van der Waals surface area contributed by atoms with Crippen LogP contribution in [0.25, 0.3) is 0 Å². The summed E-state index contributed by atoms with van der Waals surface area (Å²) in [5.74, 6) is 1.77. The summed E-state index contributed by atoms with van der Waals surface area (Å²) in [4.78, 5) is 17.2. The number of ether oxygens (including phenoxy) is 2. The molecule has 6 nitrogen and oxygen atoms in total. The third-order valence-electron chi connectivity index (χ3n) is 5.64. The lowest BCUT2D eigenvalue weighted by atomic mass is 10.1. The van der Waals surface area contributed by atoms with Crippen LogP contribution in [0.5, 0.6) is 11.5 Å². The zero-order valence-corrected chi connectivity index (χ0v) is 17.0. The molecule has 6 heteroatoms. The Labute approximate surface area is 172 Å². The van der Waals surface area contributed by atoms with Gasteiger partial charge in [0.25, 0.3) is 0 Å². The van der Waals surface area contributed by atoms with E-state index in [2.05, 4.69) is 40.2 Å². The average molecular weight is 396 g/mol. The number of piperazine rings is 1. The summed E-state index contributed by atoms with van der Waals surface area (Å²) in [5.41, 5.74) is 3.36. The predicted molar refractivity (Wildman–Crippen MR) is 113 cm³/mol. The molecule has 0 radical (unpaired) electrons. The number of para-hydroxylation sites is 1. The van der Waals surface area contributed by atoms with Crippen molar-refractivity contribution in [3.8, 4) is 11.5 Å². The number of anilines is 1. The number of hydrogen-bond acceptors (Lipinski definition) is 5. The molecule has 1 N–H and O–H groups in total. The van der Waals surface area contributed by atoms with Gasteiger partial charge in [0.15, 0.2) is 11.5 Å². The Balaban J connectivity index is 1.19. The monoisotopic (exact) mass is 395 g/mol. The molecule has 1 fully saturated rings. The molecule has 2 aromatic rings. The molecule has 0 saturated carbocycles. The first-order valence-electron chi connectivity index (χ1n) is 10.4. The highest BCUT2D eigenvalue weighted by atomic mass is 16.7. The fraction of sp³-hybridized carbons (Fsp3) is 0.435. The lowest BCUT2D eigenvalue weighted by molar-refractivity contribution is -0.116. The second-order valence-corrected chi connectivity index (χ2v) is 7.61. The van der Waals surface area contributed by atoms with Crippen molar-refractivity contribution in [2.24, 2.45) is 0 Å². The Kier molecular flexibility index (Phi) is 6.32. The maximum atomic E-state index is 12.4. The van der Waals surface area contributed by atoms with Crippen LogP contribution in [0.2, 0.25) is 0 Å². The molecule has 2 aromatic carbocycles. The van der Waals surface area contributed by atoms with E-state index in [9.17, 15) is 4.79 Å². The Morgan fingerprint density at radius 2 is 1.76 bits per heavy atom. The van der Waals surface area contributed by atoms with Crippen molar-refractivity contribution in [2.75, 3.05) is 44.8 Å². The smallest absolute Gasteiger partial charge is 0.231 e. The number of rotatable bonds is 7. The molecule has 0 spiro atoms. The number of hydrogen-bond donors (Lipinski definition) is 1. The molecule has 0 unspecified atom stereocenters. The highest BCUT2D eigenvalue weighted by molar-refractivity contribution is 5.91. The van der Waals surface area contributed by atoms with Gasteiger partial charge in [-0.2, -0.15) is 0 Å². The van der Waals surface area contributed by atoms with Crippen LogP contribution in [-0.2, 0) is 17.8 Å². The molecule has 0 aliphatic carbocycles. The lowest BCUT2D eigenvalue weighted by Gasteiger charge is -2.34. The standard InChI is InChI=1S/C23H29N3O3/c1-2-19-5-3-4-6-20(19)24-23(27)9-10-25-11-13-26(14-12-25)16-18-7-8-21-22(15-18)29-17-28-21/h3-8,15H,2,9-14,16-17H2,1H3,(H,24,27). The number of amides is 1. The van der Waals surface area contributed by atoms with Crippen LogP contribution in [-0.4, -0.2) is 55.2 Å². The van der Waals surface area contributed by atoms with Crippen molar-refractivity contribution in [1.29, 1.82) is 0 Å². The first kappa shape index (κ1) is 19.7. The van der Waals surface area contributed by atoms with E-state index in [-0.39, 0.29) is 5.91 Å². The van der Waals surface area contributed by atoms with Gasteiger partial charge in [0, 0.05) is 51.4 Å². The van der Waals surface area contributed by atoms with E-state index in [4.69, 9.17) is 9.47 Å². The van der Waals surface area contributed by atoms with Crippen LogP contribution in [0.4, 0.5) is 5.69 Å². The Bertz CT molecular complexity index is 847. The summed E-state index contributed by atoms with van der Waals surface area (Å²) in [6.45, 7) is 8.14. The summed E-state index contributed by atoms with van der Waals surface area (Å²) < 4.78 is 10.8. The molecule has 1 saturated heterocycles. The number of nitrogens with zero attached hydrogens (tertiary/aromatic N) is 2. The van der Waals surface area contributed by atoms with Crippen molar-refractivity contribution in [2.45, 2.75) is 26.3 Å². The van der Waals surface area contributed by atoms with Crippen LogP contribution < -0.4 is 14.8 Å². The summed E-state index contributed by atoms with van der Waals surface area (Å²) in [7, 11) is 0. The molecular formula is C23H29N3O3.